The predicted octanol–water partition coefficient (Wildman–Crippen LogP) is 4.08. The Labute approximate surface area is 136 Å². The SMILES string of the molecule is COC(=O)c1ccc2c(c1)NC(c1ccc(OC(F)(F)F)cc1)C2. The maximum Gasteiger partial charge on any atom is 0.573 e. The van der Waals surface area contributed by atoms with Gasteiger partial charge in [0.15, 0.2) is 0 Å². The zero-order chi connectivity index (χ0) is 17.3. The van der Waals surface area contributed by atoms with Crippen molar-refractivity contribution < 1.29 is 27.4 Å². The van der Waals surface area contributed by atoms with Crippen LogP contribution in [-0.2, 0) is 11.2 Å². The number of methoxy groups -OCH3 is 1. The summed E-state index contributed by atoms with van der Waals surface area (Å²) in [5.41, 5.74) is 3.13. The third kappa shape index (κ3) is 3.45. The van der Waals surface area contributed by atoms with Crippen LogP contribution in [0.1, 0.15) is 27.5 Å². The molecule has 0 spiro atoms. The molecule has 0 amide bonds. The number of benzene rings is 2. The molecule has 1 unspecified atom stereocenters. The van der Waals surface area contributed by atoms with Crippen LogP contribution < -0.4 is 10.1 Å². The Balaban J connectivity index is 1.74. The molecule has 0 aromatic heterocycles. The number of rotatable bonds is 3. The first-order valence-electron chi connectivity index (χ1n) is 7.19. The summed E-state index contributed by atoms with van der Waals surface area (Å²) >= 11 is 0. The number of carbonyl (C=O) groups excluding carboxylic acids is 1. The number of anilines is 1. The molecule has 24 heavy (non-hydrogen) atoms. The molecule has 1 N–H and O–H groups in total. The fourth-order valence-electron chi connectivity index (χ4n) is 2.70. The van der Waals surface area contributed by atoms with Crippen molar-refractivity contribution in [3.05, 3.63) is 59.2 Å². The largest absolute Gasteiger partial charge is 0.573 e. The predicted molar refractivity (Wildman–Crippen MR) is 81.0 cm³/mol. The molecule has 1 aliphatic heterocycles. The van der Waals surface area contributed by atoms with Gasteiger partial charge in [0.1, 0.15) is 5.75 Å². The lowest BCUT2D eigenvalue weighted by atomic mass is 10.0. The van der Waals surface area contributed by atoms with Gasteiger partial charge < -0.3 is 14.8 Å². The molecule has 4 nitrogen and oxygen atoms in total. The third-order valence-corrected chi connectivity index (χ3v) is 3.80. The minimum absolute atomic E-state index is 0.0761. The Morgan fingerprint density at radius 1 is 1.17 bits per heavy atom. The molecule has 0 fully saturated rings. The first kappa shape index (κ1) is 16.2. The van der Waals surface area contributed by atoms with Gasteiger partial charge in [-0.3, -0.25) is 0 Å². The summed E-state index contributed by atoms with van der Waals surface area (Å²) in [6.07, 6.45) is -4.02. The fraction of sp³-hybridized carbons (Fsp3) is 0.235. The van der Waals surface area contributed by atoms with Gasteiger partial charge in [-0.05, 0) is 41.8 Å². The number of carbonyl (C=O) groups is 1. The smallest absolute Gasteiger partial charge is 0.465 e. The highest BCUT2D eigenvalue weighted by atomic mass is 19.4. The van der Waals surface area contributed by atoms with Gasteiger partial charge in [0.2, 0.25) is 0 Å². The Kier molecular flexibility index (Phi) is 4.09. The first-order chi connectivity index (χ1) is 11.4. The number of ether oxygens (including phenoxy) is 2. The lowest BCUT2D eigenvalue weighted by Crippen LogP contribution is -2.17. The molecular formula is C17H14F3NO3. The third-order valence-electron chi connectivity index (χ3n) is 3.80. The van der Waals surface area contributed by atoms with Gasteiger partial charge in [-0.25, -0.2) is 4.79 Å². The minimum atomic E-state index is -4.70. The van der Waals surface area contributed by atoms with Crippen LogP contribution in [0, 0.1) is 0 Å². The van der Waals surface area contributed by atoms with E-state index in [2.05, 4.69) is 14.8 Å². The number of hydrogen-bond donors (Lipinski definition) is 1. The molecule has 1 aliphatic rings. The Morgan fingerprint density at radius 2 is 1.88 bits per heavy atom. The summed E-state index contributed by atoms with van der Waals surface area (Å²) in [5, 5.41) is 3.27. The van der Waals surface area contributed by atoms with E-state index in [0.717, 1.165) is 16.8 Å². The first-order valence-corrected chi connectivity index (χ1v) is 7.19. The highest BCUT2D eigenvalue weighted by Gasteiger charge is 2.31. The van der Waals surface area contributed by atoms with E-state index in [-0.39, 0.29) is 11.8 Å². The van der Waals surface area contributed by atoms with E-state index in [1.165, 1.54) is 19.2 Å². The summed E-state index contributed by atoms with van der Waals surface area (Å²) in [7, 11) is 1.32. The van der Waals surface area contributed by atoms with Gasteiger partial charge in [0.25, 0.3) is 0 Å². The number of nitrogens with one attached hydrogen (secondary N) is 1. The molecule has 0 saturated carbocycles. The monoisotopic (exact) mass is 337 g/mol. The van der Waals surface area contributed by atoms with Gasteiger partial charge >= 0.3 is 12.3 Å². The van der Waals surface area contributed by atoms with E-state index in [9.17, 15) is 18.0 Å². The molecule has 0 aliphatic carbocycles. The molecular weight excluding hydrogens is 323 g/mol. The van der Waals surface area contributed by atoms with Gasteiger partial charge in [0, 0.05) is 5.69 Å². The minimum Gasteiger partial charge on any atom is -0.465 e. The Hall–Kier alpha value is -2.70. The van der Waals surface area contributed by atoms with Crippen molar-refractivity contribution in [2.24, 2.45) is 0 Å². The molecule has 0 bridgehead atoms. The van der Waals surface area contributed by atoms with Crippen LogP contribution in [0.2, 0.25) is 0 Å². The average molecular weight is 337 g/mol. The van der Waals surface area contributed by atoms with Crippen molar-refractivity contribution >= 4 is 11.7 Å². The van der Waals surface area contributed by atoms with Crippen molar-refractivity contribution in [3.8, 4) is 5.75 Å². The number of hydrogen-bond acceptors (Lipinski definition) is 4. The van der Waals surface area contributed by atoms with E-state index in [1.807, 2.05) is 6.07 Å². The topological polar surface area (TPSA) is 47.6 Å². The van der Waals surface area contributed by atoms with E-state index in [4.69, 9.17) is 0 Å². The summed E-state index contributed by atoms with van der Waals surface area (Å²) < 4.78 is 45.1. The van der Waals surface area contributed by atoms with E-state index in [1.54, 1.807) is 24.3 Å². The van der Waals surface area contributed by atoms with Crippen LogP contribution in [0.3, 0.4) is 0 Å². The highest BCUT2D eigenvalue weighted by molar-refractivity contribution is 5.91. The standard InChI is InChI=1S/C17H14F3NO3/c1-23-16(22)12-3-2-11-8-14(21-15(11)9-12)10-4-6-13(7-5-10)24-17(18,19)20/h2-7,9,14,21H,8H2,1H3. The van der Waals surface area contributed by atoms with Gasteiger partial charge in [-0.1, -0.05) is 18.2 Å². The summed E-state index contributed by atoms with van der Waals surface area (Å²) in [6, 6.07) is 10.9. The van der Waals surface area contributed by atoms with E-state index in [0.29, 0.717) is 12.0 Å². The van der Waals surface area contributed by atoms with Crippen molar-refractivity contribution in [3.63, 3.8) is 0 Å². The Bertz CT molecular complexity index is 757. The quantitative estimate of drug-likeness (QED) is 0.858. The molecule has 0 radical (unpaired) electrons. The number of esters is 1. The lowest BCUT2D eigenvalue weighted by molar-refractivity contribution is -0.274. The molecule has 1 atom stereocenters. The molecule has 2 aromatic carbocycles. The van der Waals surface area contributed by atoms with E-state index < -0.39 is 12.3 Å². The number of alkyl halides is 3. The summed E-state index contributed by atoms with van der Waals surface area (Å²) in [4.78, 5) is 11.6. The van der Waals surface area contributed by atoms with Gasteiger partial charge in [0.05, 0.1) is 18.7 Å². The van der Waals surface area contributed by atoms with Crippen molar-refractivity contribution in [2.45, 2.75) is 18.8 Å². The molecule has 126 valence electrons. The normalized spacial score (nSPS) is 16.2. The van der Waals surface area contributed by atoms with Crippen molar-refractivity contribution in [1.29, 1.82) is 0 Å². The van der Waals surface area contributed by atoms with Crippen LogP contribution in [0.15, 0.2) is 42.5 Å². The molecule has 0 saturated heterocycles. The zero-order valence-electron chi connectivity index (χ0n) is 12.7. The van der Waals surface area contributed by atoms with Crippen LogP contribution >= 0.6 is 0 Å². The zero-order valence-corrected chi connectivity index (χ0v) is 12.7. The fourth-order valence-corrected chi connectivity index (χ4v) is 2.70. The van der Waals surface area contributed by atoms with Crippen LogP contribution in [0.5, 0.6) is 5.75 Å². The second-order valence-corrected chi connectivity index (χ2v) is 5.38. The van der Waals surface area contributed by atoms with Crippen LogP contribution in [0.25, 0.3) is 0 Å². The van der Waals surface area contributed by atoms with Crippen LogP contribution in [0.4, 0.5) is 18.9 Å². The van der Waals surface area contributed by atoms with Gasteiger partial charge in [-0.15, -0.1) is 13.2 Å². The lowest BCUT2D eigenvalue weighted by Gasteiger charge is -2.13. The summed E-state index contributed by atoms with van der Waals surface area (Å²) in [6.45, 7) is 0. The average Bonchev–Trinajstić information content (AvgIpc) is 2.96. The second-order valence-electron chi connectivity index (χ2n) is 5.38. The second kappa shape index (κ2) is 6.07. The highest BCUT2D eigenvalue weighted by Crippen LogP contribution is 2.35. The number of halogens is 3. The molecule has 7 heteroatoms. The van der Waals surface area contributed by atoms with Crippen molar-refractivity contribution in [2.75, 3.05) is 12.4 Å². The summed E-state index contributed by atoms with van der Waals surface area (Å²) in [5.74, 6) is -0.675. The molecule has 2 aromatic rings. The van der Waals surface area contributed by atoms with Crippen LogP contribution in [-0.4, -0.2) is 19.4 Å². The van der Waals surface area contributed by atoms with Gasteiger partial charge in [-0.2, -0.15) is 0 Å². The maximum absolute atomic E-state index is 12.2. The van der Waals surface area contributed by atoms with E-state index >= 15 is 0 Å². The number of fused-ring (bicyclic) bond motifs is 1. The molecule has 1 heterocycles. The maximum atomic E-state index is 12.2. The Morgan fingerprint density at radius 3 is 2.50 bits per heavy atom. The molecule has 3 rings (SSSR count). The van der Waals surface area contributed by atoms with Crippen molar-refractivity contribution in [1.82, 2.24) is 0 Å².